The van der Waals surface area contributed by atoms with E-state index in [2.05, 4.69) is 237 Å². The van der Waals surface area contributed by atoms with Crippen molar-refractivity contribution in [1.82, 2.24) is 0 Å². The van der Waals surface area contributed by atoms with Gasteiger partial charge in [-0.2, -0.15) is 0 Å². The van der Waals surface area contributed by atoms with Crippen molar-refractivity contribution in [3.05, 3.63) is 236 Å². The van der Waals surface area contributed by atoms with Crippen molar-refractivity contribution in [2.75, 3.05) is 9.80 Å². The fourth-order valence-corrected chi connectivity index (χ4v) is 12.3. The molecular weight excluding hydrogens is 833 g/mol. The predicted octanol–water partition coefficient (Wildman–Crippen LogP) is 18.2. The standard InChI is InChI=1S/C67H68N2/c1-11-13-15-47-23-31-51(32-24-47)68-61-35-21-45(5)37-57(61)65(7,8)59-39-53-54-40-60-64(69(52-33-25-48(26-34-52)16-14-12-2)62-36-22-46(6)38-58(62)66(60,9)10)42-56(54)67(55(53)41-63(59)68,49-27-17-43(3)18-28-49)50-29-19-44(4)20-30-50/h17-42H,11-16H2,1-10H3. The number of unbranched alkanes of at least 4 members (excludes halogenated alkanes) is 2. The summed E-state index contributed by atoms with van der Waals surface area (Å²) in [7, 11) is 0. The molecule has 346 valence electrons. The molecule has 69 heavy (non-hydrogen) atoms. The maximum Gasteiger partial charge on any atom is 0.0715 e. The van der Waals surface area contributed by atoms with Crippen LogP contribution >= 0.6 is 0 Å². The van der Waals surface area contributed by atoms with E-state index >= 15 is 0 Å². The zero-order valence-electron chi connectivity index (χ0n) is 42.6. The van der Waals surface area contributed by atoms with Crippen molar-refractivity contribution < 1.29 is 0 Å². The van der Waals surface area contributed by atoms with E-state index in [-0.39, 0.29) is 10.8 Å². The van der Waals surface area contributed by atoms with E-state index < -0.39 is 5.41 Å². The number of hydrogen-bond donors (Lipinski definition) is 0. The van der Waals surface area contributed by atoms with Gasteiger partial charge in [0, 0.05) is 22.2 Å². The Morgan fingerprint density at radius 2 is 0.696 bits per heavy atom. The molecule has 0 spiro atoms. The second-order valence-electron chi connectivity index (χ2n) is 21.8. The lowest BCUT2D eigenvalue weighted by Crippen LogP contribution is -2.33. The van der Waals surface area contributed by atoms with Gasteiger partial charge in [-0.1, -0.05) is 174 Å². The second-order valence-corrected chi connectivity index (χ2v) is 21.8. The topological polar surface area (TPSA) is 6.48 Å². The highest BCUT2D eigenvalue weighted by atomic mass is 15.2. The van der Waals surface area contributed by atoms with E-state index in [1.807, 2.05) is 0 Å². The average Bonchev–Trinajstić information content (AvgIpc) is 3.62. The molecule has 0 unspecified atom stereocenters. The van der Waals surface area contributed by atoms with Crippen LogP contribution in [0, 0.1) is 27.7 Å². The summed E-state index contributed by atoms with van der Waals surface area (Å²) >= 11 is 0. The Morgan fingerprint density at radius 1 is 0.348 bits per heavy atom. The van der Waals surface area contributed by atoms with Crippen LogP contribution in [0.3, 0.4) is 0 Å². The van der Waals surface area contributed by atoms with Crippen molar-refractivity contribution in [2.45, 2.75) is 124 Å². The maximum absolute atomic E-state index is 2.62. The smallest absolute Gasteiger partial charge is 0.0715 e. The summed E-state index contributed by atoms with van der Waals surface area (Å²) in [5.74, 6) is 0. The molecule has 2 heterocycles. The largest absolute Gasteiger partial charge is 0.310 e. The molecule has 8 aromatic carbocycles. The van der Waals surface area contributed by atoms with Crippen molar-refractivity contribution in [3.8, 4) is 11.1 Å². The first-order valence-electron chi connectivity index (χ1n) is 25.8. The highest BCUT2D eigenvalue weighted by molar-refractivity contribution is 5.97. The van der Waals surface area contributed by atoms with Gasteiger partial charge in [0.05, 0.1) is 28.2 Å². The Morgan fingerprint density at radius 3 is 1.06 bits per heavy atom. The summed E-state index contributed by atoms with van der Waals surface area (Å²) in [6.45, 7) is 23.3. The molecule has 0 saturated heterocycles. The minimum Gasteiger partial charge on any atom is -0.310 e. The van der Waals surface area contributed by atoms with Crippen LogP contribution in [-0.2, 0) is 29.1 Å². The number of fused-ring (bicyclic) bond motifs is 7. The van der Waals surface area contributed by atoms with E-state index in [0.717, 1.165) is 12.8 Å². The van der Waals surface area contributed by atoms with Crippen LogP contribution in [0.4, 0.5) is 34.1 Å². The lowest BCUT2D eigenvalue weighted by atomic mass is 9.65. The third kappa shape index (κ3) is 7.03. The summed E-state index contributed by atoms with van der Waals surface area (Å²) in [5, 5.41) is 0. The Labute approximate surface area is 412 Å². The van der Waals surface area contributed by atoms with Crippen molar-refractivity contribution in [2.24, 2.45) is 0 Å². The molecule has 8 aromatic rings. The highest BCUT2D eigenvalue weighted by Gasteiger charge is 2.51. The molecule has 2 nitrogen and oxygen atoms in total. The van der Waals surface area contributed by atoms with Gasteiger partial charge in [0.25, 0.3) is 0 Å². The molecule has 0 saturated carbocycles. The normalized spacial score (nSPS) is 15.4. The van der Waals surface area contributed by atoms with Crippen molar-refractivity contribution >= 4 is 34.1 Å². The monoisotopic (exact) mass is 901 g/mol. The molecule has 0 fully saturated rings. The van der Waals surface area contributed by atoms with Crippen LogP contribution in [0.25, 0.3) is 11.1 Å². The lowest BCUT2D eigenvalue weighted by Gasteiger charge is -2.44. The van der Waals surface area contributed by atoms with Crippen LogP contribution in [0.1, 0.15) is 145 Å². The minimum absolute atomic E-state index is 0.271. The molecule has 2 heteroatoms. The molecule has 0 aromatic heterocycles. The Hall–Kier alpha value is -6.64. The van der Waals surface area contributed by atoms with Crippen LogP contribution < -0.4 is 9.80 Å². The average molecular weight is 901 g/mol. The molecule has 0 N–H and O–H groups in total. The zero-order chi connectivity index (χ0) is 48.0. The van der Waals surface area contributed by atoms with E-state index in [1.54, 1.807) is 0 Å². The number of hydrogen-bond acceptors (Lipinski definition) is 2. The van der Waals surface area contributed by atoms with Crippen LogP contribution in [-0.4, -0.2) is 0 Å². The second kappa shape index (κ2) is 16.8. The van der Waals surface area contributed by atoms with Gasteiger partial charge in [-0.25, -0.2) is 0 Å². The molecule has 0 bridgehead atoms. The number of anilines is 6. The third-order valence-corrected chi connectivity index (χ3v) is 16.3. The first-order chi connectivity index (χ1) is 33.2. The Bertz CT molecular complexity index is 3030. The summed E-state index contributed by atoms with van der Waals surface area (Å²) in [6.07, 6.45) is 6.99. The number of benzene rings is 8. The molecule has 0 radical (unpaired) electrons. The first kappa shape index (κ1) is 44.8. The Kier molecular flexibility index (Phi) is 10.9. The molecule has 2 aliphatic heterocycles. The fraction of sp³-hybridized carbons (Fsp3) is 0.284. The van der Waals surface area contributed by atoms with Gasteiger partial charge in [-0.15, -0.1) is 0 Å². The molecular formula is C67H68N2. The first-order valence-corrected chi connectivity index (χ1v) is 25.8. The van der Waals surface area contributed by atoms with E-state index in [0.29, 0.717) is 0 Å². The summed E-state index contributed by atoms with van der Waals surface area (Å²) in [6, 6.07) is 62.5. The van der Waals surface area contributed by atoms with Crippen molar-refractivity contribution in [3.63, 3.8) is 0 Å². The highest BCUT2D eigenvalue weighted by Crippen LogP contribution is 2.64. The van der Waals surface area contributed by atoms with Crippen LogP contribution in [0.2, 0.25) is 0 Å². The molecule has 1 aliphatic carbocycles. The zero-order valence-corrected chi connectivity index (χ0v) is 42.6. The van der Waals surface area contributed by atoms with Crippen molar-refractivity contribution in [1.29, 1.82) is 0 Å². The maximum atomic E-state index is 2.62. The van der Waals surface area contributed by atoms with Gasteiger partial charge < -0.3 is 9.80 Å². The summed E-state index contributed by atoms with van der Waals surface area (Å²) in [5.41, 5.74) is 27.5. The number of nitrogens with zero attached hydrogens (tertiary/aromatic N) is 2. The van der Waals surface area contributed by atoms with Gasteiger partial charge in [0.2, 0.25) is 0 Å². The quantitative estimate of drug-likeness (QED) is 0.135. The third-order valence-electron chi connectivity index (χ3n) is 16.3. The molecule has 0 amide bonds. The van der Waals surface area contributed by atoms with Gasteiger partial charge >= 0.3 is 0 Å². The molecule has 3 aliphatic rings. The van der Waals surface area contributed by atoms with Gasteiger partial charge in [0.15, 0.2) is 0 Å². The lowest BCUT2D eigenvalue weighted by molar-refractivity contribution is 0.630. The van der Waals surface area contributed by atoms with E-state index in [4.69, 9.17) is 0 Å². The summed E-state index contributed by atoms with van der Waals surface area (Å²) < 4.78 is 0. The van der Waals surface area contributed by atoms with Gasteiger partial charge in [-0.3, -0.25) is 0 Å². The molecule has 11 rings (SSSR count). The number of aryl methyl sites for hydroxylation is 6. The van der Waals surface area contributed by atoms with Gasteiger partial charge in [-0.05, 0) is 181 Å². The van der Waals surface area contributed by atoms with Crippen LogP contribution in [0.15, 0.2) is 158 Å². The van der Waals surface area contributed by atoms with Crippen LogP contribution in [0.5, 0.6) is 0 Å². The van der Waals surface area contributed by atoms with Gasteiger partial charge in [0.1, 0.15) is 0 Å². The van der Waals surface area contributed by atoms with E-state index in [9.17, 15) is 0 Å². The number of rotatable bonds is 10. The molecule has 0 atom stereocenters. The van der Waals surface area contributed by atoms with E-state index in [1.165, 1.54) is 149 Å². The summed E-state index contributed by atoms with van der Waals surface area (Å²) in [4.78, 5) is 5.16. The fourth-order valence-electron chi connectivity index (χ4n) is 12.3. The minimum atomic E-state index is -0.628. The Balaban J connectivity index is 1.24. The SMILES string of the molecule is CCCCc1ccc(N2c3ccc(C)cc3C(C)(C)c3cc4c(cc32)C(c2ccc(C)cc2)(c2ccc(C)cc2)c2cc3c(cc2-4)C(C)(C)c2cc(C)ccc2N3c2ccc(CCCC)cc2)cc1. The predicted molar refractivity (Wildman–Crippen MR) is 294 cm³/mol.